The summed E-state index contributed by atoms with van der Waals surface area (Å²) in [5.74, 6) is 2.31. The van der Waals surface area contributed by atoms with E-state index in [9.17, 15) is 4.79 Å². The second-order valence-corrected chi connectivity index (χ2v) is 10.7. The largest absolute Gasteiger partial charge is 0.353 e. The summed E-state index contributed by atoms with van der Waals surface area (Å²) in [7, 11) is 0. The minimum absolute atomic E-state index is 0.283. The Morgan fingerprint density at radius 2 is 1.90 bits per heavy atom. The van der Waals surface area contributed by atoms with Gasteiger partial charge in [0, 0.05) is 47.8 Å². The second kappa shape index (κ2) is 8.62. The van der Waals surface area contributed by atoms with Crippen LogP contribution in [0.4, 0.5) is 5.82 Å². The molecule has 164 valence electrons. The van der Waals surface area contributed by atoms with E-state index in [0.717, 1.165) is 69.0 Å². The molecule has 5 nitrogen and oxygen atoms in total. The monoisotopic (exact) mass is 456 g/mol. The number of rotatable bonds is 3. The molecule has 7 heteroatoms. The molecule has 1 saturated carbocycles. The first-order chi connectivity index (χ1) is 15.1. The molecule has 0 radical (unpaired) electrons. The van der Waals surface area contributed by atoms with E-state index < -0.39 is 5.41 Å². The Morgan fingerprint density at radius 1 is 1.13 bits per heavy atom. The van der Waals surface area contributed by atoms with Crippen molar-refractivity contribution in [2.75, 3.05) is 31.1 Å². The number of aromatic nitrogens is 2. The molecule has 3 heterocycles. The summed E-state index contributed by atoms with van der Waals surface area (Å²) >= 11 is 8.24. The van der Waals surface area contributed by atoms with Crippen LogP contribution >= 0.6 is 23.4 Å². The fraction of sp³-hybridized carbons (Fsp3) is 0.542. The molecule has 0 bridgehead atoms. The summed E-state index contributed by atoms with van der Waals surface area (Å²) in [4.78, 5) is 27.5. The molecule has 1 saturated heterocycles. The van der Waals surface area contributed by atoms with Gasteiger partial charge < -0.3 is 9.80 Å². The van der Waals surface area contributed by atoms with Crippen LogP contribution < -0.4 is 4.90 Å². The number of halogens is 1. The number of anilines is 1. The number of nitrogens with zero attached hydrogens (tertiary/aromatic N) is 4. The molecular formula is C24H29ClN4OS. The van der Waals surface area contributed by atoms with Gasteiger partial charge in [-0.25, -0.2) is 9.97 Å². The predicted molar refractivity (Wildman–Crippen MR) is 127 cm³/mol. The first kappa shape index (κ1) is 21.1. The van der Waals surface area contributed by atoms with E-state index in [1.54, 1.807) is 6.33 Å². The average Bonchev–Trinajstić information content (AvgIpc) is 3.20. The van der Waals surface area contributed by atoms with Crippen LogP contribution in [-0.2, 0) is 16.0 Å². The smallest absolute Gasteiger partial charge is 0.233 e. The maximum atomic E-state index is 13.9. The SMILES string of the molecule is C[C@H]1SCc2ncnc(N3CCN(C(=O)C4(c5cccc(Cl)c5)CCCCC4)CC3)c21. The Balaban J connectivity index is 1.35. The average molecular weight is 457 g/mol. The molecule has 3 aliphatic rings. The van der Waals surface area contributed by atoms with Crippen LogP contribution in [0.25, 0.3) is 0 Å². The zero-order valence-electron chi connectivity index (χ0n) is 18.0. The molecule has 1 aromatic carbocycles. The van der Waals surface area contributed by atoms with Crippen LogP contribution in [0.2, 0.25) is 5.02 Å². The van der Waals surface area contributed by atoms with Crippen molar-refractivity contribution in [2.24, 2.45) is 0 Å². The van der Waals surface area contributed by atoms with Gasteiger partial charge in [-0.15, -0.1) is 11.8 Å². The van der Waals surface area contributed by atoms with Gasteiger partial charge >= 0.3 is 0 Å². The van der Waals surface area contributed by atoms with E-state index in [1.165, 1.54) is 17.7 Å². The number of carbonyl (C=O) groups is 1. The zero-order chi connectivity index (χ0) is 21.4. The van der Waals surface area contributed by atoms with Crippen LogP contribution in [0.1, 0.15) is 61.1 Å². The highest BCUT2D eigenvalue weighted by atomic mass is 35.5. The Bertz CT molecular complexity index is 970. The van der Waals surface area contributed by atoms with Crippen molar-refractivity contribution >= 4 is 35.1 Å². The molecule has 1 amide bonds. The standard InChI is InChI=1S/C24H29ClN4OS/c1-17-21-20(15-31-17)26-16-27-22(21)28-10-12-29(13-11-28)23(30)24(8-3-2-4-9-24)18-6-5-7-19(25)14-18/h5-7,14,16-17H,2-4,8-13,15H2,1H3/t17-/m1/s1. The normalized spacial score (nSPS) is 23.0. The number of hydrogen-bond acceptors (Lipinski definition) is 5. The van der Waals surface area contributed by atoms with E-state index in [4.69, 9.17) is 11.6 Å². The Labute approximate surface area is 193 Å². The Morgan fingerprint density at radius 3 is 2.65 bits per heavy atom. The number of amides is 1. The topological polar surface area (TPSA) is 49.3 Å². The summed E-state index contributed by atoms with van der Waals surface area (Å²) in [6, 6.07) is 7.97. The molecule has 1 atom stereocenters. The number of hydrogen-bond donors (Lipinski definition) is 0. The van der Waals surface area contributed by atoms with Gasteiger partial charge in [0.2, 0.25) is 5.91 Å². The van der Waals surface area contributed by atoms with Gasteiger partial charge in [0.15, 0.2) is 0 Å². The fourth-order valence-corrected chi connectivity index (χ4v) is 6.72. The molecule has 1 aromatic heterocycles. The van der Waals surface area contributed by atoms with E-state index in [2.05, 4.69) is 32.8 Å². The second-order valence-electron chi connectivity index (χ2n) is 8.94. The molecular weight excluding hydrogens is 428 g/mol. The molecule has 2 aromatic rings. The molecule has 31 heavy (non-hydrogen) atoms. The van der Waals surface area contributed by atoms with Gasteiger partial charge in [0.25, 0.3) is 0 Å². The Kier molecular flexibility index (Phi) is 5.86. The van der Waals surface area contributed by atoms with Gasteiger partial charge in [-0.2, -0.15) is 0 Å². The number of thioether (sulfide) groups is 1. The van der Waals surface area contributed by atoms with Gasteiger partial charge in [-0.3, -0.25) is 4.79 Å². The molecule has 0 unspecified atom stereocenters. The van der Waals surface area contributed by atoms with Gasteiger partial charge in [-0.1, -0.05) is 43.0 Å². The molecule has 2 fully saturated rings. The lowest BCUT2D eigenvalue weighted by Crippen LogP contribution is -2.55. The summed E-state index contributed by atoms with van der Waals surface area (Å²) in [6.45, 7) is 5.35. The highest BCUT2D eigenvalue weighted by Crippen LogP contribution is 2.45. The summed E-state index contributed by atoms with van der Waals surface area (Å²) < 4.78 is 0. The quantitative estimate of drug-likeness (QED) is 0.651. The third kappa shape index (κ3) is 3.82. The van der Waals surface area contributed by atoms with Crippen molar-refractivity contribution in [1.82, 2.24) is 14.9 Å². The third-order valence-electron chi connectivity index (χ3n) is 7.18. The fourth-order valence-electron chi connectivity index (χ4n) is 5.48. The highest BCUT2D eigenvalue weighted by molar-refractivity contribution is 7.99. The summed E-state index contributed by atoms with van der Waals surface area (Å²) in [5, 5.41) is 1.14. The molecule has 0 spiro atoms. The Hall–Kier alpha value is -1.79. The molecule has 0 N–H and O–H groups in total. The van der Waals surface area contributed by atoms with Crippen LogP contribution in [-0.4, -0.2) is 47.0 Å². The van der Waals surface area contributed by atoms with E-state index in [1.807, 2.05) is 30.0 Å². The van der Waals surface area contributed by atoms with Crippen molar-refractivity contribution in [2.45, 2.75) is 55.4 Å². The summed E-state index contributed by atoms with van der Waals surface area (Å²) in [5.41, 5.74) is 3.12. The number of benzene rings is 1. The van der Waals surface area contributed by atoms with Gasteiger partial charge in [0.1, 0.15) is 12.1 Å². The number of piperazine rings is 1. The van der Waals surface area contributed by atoms with E-state index >= 15 is 0 Å². The highest BCUT2D eigenvalue weighted by Gasteiger charge is 2.44. The zero-order valence-corrected chi connectivity index (χ0v) is 19.6. The number of fused-ring (bicyclic) bond motifs is 1. The lowest BCUT2D eigenvalue weighted by atomic mass is 9.68. The minimum Gasteiger partial charge on any atom is -0.353 e. The first-order valence-corrected chi connectivity index (χ1v) is 12.8. The summed E-state index contributed by atoms with van der Waals surface area (Å²) in [6.07, 6.45) is 6.93. The maximum Gasteiger partial charge on any atom is 0.233 e. The molecule has 2 aliphatic heterocycles. The van der Waals surface area contributed by atoms with Crippen molar-refractivity contribution < 1.29 is 4.79 Å². The van der Waals surface area contributed by atoms with Crippen molar-refractivity contribution in [3.63, 3.8) is 0 Å². The van der Waals surface area contributed by atoms with Crippen molar-refractivity contribution in [1.29, 1.82) is 0 Å². The lowest BCUT2D eigenvalue weighted by molar-refractivity contribution is -0.139. The lowest BCUT2D eigenvalue weighted by Gasteiger charge is -2.43. The van der Waals surface area contributed by atoms with E-state index in [0.29, 0.717) is 10.3 Å². The van der Waals surface area contributed by atoms with Crippen LogP contribution in [0.15, 0.2) is 30.6 Å². The molecule has 5 rings (SSSR count). The maximum absolute atomic E-state index is 13.9. The molecule has 1 aliphatic carbocycles. The van der Waals surface area contributed by atoms with Crippen LogP contribution in [0.3, 0.4) is 0 Å². The van der Waals surface area contributed by atoms with Gasteiger partial charge in [0.05, 0.1) is 11.1 Å². The van der Waals surface area contributed by atoms with Crippen molar-refractivity contribution in [3.05, 3.63) is 52.4 Å². The van der Waals surface area contributed by atoms with E-state index in [-0.39, 0.29) is 5.91 Å². The van der Waals surface area contributed by atoms with Gasteiger partial charge in [-0.05, 0) is 37.5 Å². The third-order valence-corrected chi connectivity index (χ3v) is 8.59. The number of carbonyl (C=O) groups excluding carboxylic acids is 1. The first-order valence-electron chi connectivity index (χ1n) is 11.3. The minimum atomic E-state index is -0.424. The van der Waals surface area contributed by atoms with Crippen molar-refractivity contribution in [3.8, 4) is 0 Å². The predicted octanol–water partition coefficient (Wildman–Crippen LogP) is 4.99. The van der Waals surface area contributed by atoms with Crippen LogP contribution in [0.5, 0.6) is 0 Å². The van der Waals surface area contributed by atoms with Crippen LogP contribution in [0, 0.1) is 0 Å².